The van der Waals surface area contributed by atoms with E-state index >= 15 is 0 Å². The molecule has 0 aliphatic heterocycles. The van der Waals surface area contributed by atoms with Gasteiger partial charge >= 0.3 is 47.6 Å². The molecule has 0 amide bonds. The zero-order chi connectivity index (χ0) is 29.5. The lowest BCUT2D eigenvalue weighted by molar-refractivity contribution is -0.461. The summed E-state index contributed by atoms with van der Waals surface area (Å²) in [6, 6.07) is 6.65. The molecule has 1 aromatic rings. The van der Waals surface area contributed by atoms with Crippen LogP contribution in [0.4, 0.5) is 74.6 Å². The van der Waals surface area contributed by atoms with Crippen molar-refractivity contribution in [3.8, 4) is 11.8 Å². The number of rotatable bonds is 9. The maximum Gasteiger partial charge on any atom is 0.460 e. The highest BCUT2D eigenvalue weighted by Gasteiger charge is 2.95. The summed E-state index contributed by atoms with van der Waals surface area (Å²) in [5.74, 6) is -55.0. The highest BCUT2D eigenvalue weighted by molar-refractivity contribution is 5.96. The number of ketones is 1. The van der Waals surface area contributed by atoms with Gasteiger partial charge in [0, 0.05) is 18.4 Å². The largest absolute Gasteiger partial charge is 0.460 e. The van der Waals surface area contributed by atoms with Gasteiger partial charge in [0.15, 0.2) is 0 Å². The van der Waals surface area contributed by atoms with Crippen LogP contribution < -0.4 is 0 Å². The summed E-state index contributed by atoms with van der Waals surface area (Å²) in [5, 5.41) is 0. The Morgan fingerprint density at radius 3 is 1.35 bits per heavy atom. The predicted octanol–water partition coefficient (Wildman–Crippen LogP) is 7.40. The molecule has 0 saturated heterocycles. The van der Waals surface area contributed by atoms with Crippen LogP contribution in [0.5, 0.6) is 0 Å². The van der Waals surface area contributed by atoms with Crippen molar-refractivity contribution in [1.29, 1.82) is 0 Å². The van der Waals surface area contributed by atoms with E-state index in [1.807, 2.05) is 5.92 Å². The van der Waals surface area contributed by atoms with Crippen molar-refractivity contribution in [3.63, 3.8) is 0 Å². The number of Topliss-reactive ketones (excluding diaryl/α,β-unsaturated/α-hetero) is 1. The second kappa shape index (κ2) is 9.53. The van der Waals surface area contributed by atoms with Crippen LogP contribution in [-0.4, -0.2) is 53.4 Å². The SMILES string of the molecule is O=C(C#Cc1ccccc1)CCC(F)(F)C(F)(F)C(F)(F)C(F)(F)C(F)(F)C(F)(F)C(F)(F)C(F)(F)F. The van der Waals surface area contributed by atoms with Crippen LogP contribution in [0.15, 0.2) is 30.3 Å². The van der Waals surface area contributed by atoms with Gasteiger partial charge in [-0.3, -0.25) is 4.79 Å². The van der Waals surface area contributed by atoms with E-state index in [9.17, 15) is 79.4 Å². The van der Waals surface area contributed by atoms with Crippen molar-refractivity contribution in [3.05, 3.63) is 35.9 Å². The fraction of sp³-hybridized carbons (Fsp3) is 0.526. The van der Waals surface area contributed by atoms with Crippen LogP contribution in [0, 0.1) is 11.8 Å². The normalized spacial score (nSPS) is 14.7. The molecule has 1 rings (SSSR count). The van der Waals surface area contributed by atoms with Crippen molar-refractivity contribution in [2.45, 2.75) is 60.5 Å². The Bertz CT molecular complexity index is 1030. The van der Waals surface area contributed by atoms with E-state index in [4.69, 9.17) is 0 Å². The highest BCUT2D eigenvalue weighted by atomic mass is 19.4. The first-order chi connectivity index (χ1) is 16.2. The fourth-order valence-corrected chi connectivity index (χ4v) is 2.35. The summed E-state index contributed by atoms with van der Waals surface area (Å²) in [7, 11) is 0. The Kier molecular flexibility index (Phi) is 8.32. The summed E-state index contributed by atoms with van der Waals surface area (Å²) in [6.07, 6.45) is -12.6. The smallest absolute Gasteiger partial charge is 0.285 e. The second-order valence-electron chi connectivity index (χ2n) is 7.19. The number of carbonyl (C=O) groups is 1. The molecule has 0 aromatic heterocycles. The van der Waals surface area contributed by atoms with E-state index in [-0.39, 0.29) is 5.56 Å². The number of halogens is 17. The van der Waals surface area contributed by atoms with E-state index in [0.717, 1.165) is 0 Å². The summed E-state index contributed by atoms with van der Waals surface area (Å²) < 4.78 is 224. The third kappa shape index (κ3) is 5.17. The molecule has 1 aromatic carbocycles. The predicted molar refractivity (Wildman–Crippen MR) is 88.2 cm³/mol. The first-order valence-electron chi connectivity index (χ1n) is 9.03. The van der Waals surface area contributed by atoms with Gasteiger partial charge in [0.2, 0.25) is 5.78 Å². The van der Waals surface area contributed by atoms with Gasteiger partial charge in [0.1, 0.15) is 0 Å². The number of benzene rings is 1. The first kappa shape index (κ1) is 32.3. The van der Waals surface area contributed by atoms with Crippen LogP contribution in [0.2, 0.25) is 0 Å². The summed E-state index contributed by atoms with van der Waals surface area (Å²) in [6.45, 7) is 0. The Labute approximate surface area is 194 Å². The van der Waals surface area contributed by atoms with Crippen molar-refractivity contribution in [1.82, 2.24) is 0 Å². The molecule has 0 radical (unpaired) electrons. The van der Waals surface area contributed by atoms with E-state index in [1.165, 1.54) is 30.3 Å². The van der Waals surface area contributed by atoms with Crippen molar-refractivity contribution in [2.75, 3.05) is 0 Å². The number of carbonyl (C=O) groups excluding carboxylic acids is 1. The van der Waals surface area contributed by atoms with E-state index in [2.05, 4.69) is 0 Å². The van der Waals surface area contributed by atoms with Gasteiger partial charge in [-0.2, -0.15) is 74.6 Å². The fourth-order valence-electron chi connectivity index (χ4n) is 2.35. The molecular weight excluding hydrogens is 567 g/mol. The van der Waals surface area contributed by atoms with Gasteiger partial charge in [-0.25, -0.2) is 0 Å². The minimum atomic E-state index is -8.68. The van der Waals surface area contributed by atoms with Crippen molar-refractivity contribution < 1.29 is 79.4 Å². The summed E-state index contributed by atoms with van der Waals surface area (Å²) in [4.78, 5) is 11.4. The molecule has 0 bridgehead atoms. The number of hydrogen-bond acceptors (Lipinski definition) is 1. The standard InChI is InChI=1S/C19H9F17O/c20-12(21,9-8-11(37)7-6-10-4-2-1-3-5-10)13(22,23)14(24,25)15(26,27)16(28,29)17(30,31)18(32,33)19(34,35)36/h1-5H,8-9H2. The third-order valence-corrected chi connectivity index (χ3v) is 4.57. The Morgan fingerprint density at radius 1 is 0.568 bits per heavy atom. The molecule has 0 aliphatic rings. The van der Waals surface area contributed by atoms with Gasteiger partial charge in [0.25, 0.3) is 0 Å². The Hall–Kier alpha value is -2.74. The molecule has 210 valence electrons. The summed E-state index contributed by atoms with van der Waals surface area (Å²) in [5.41, 5.74) is 0.0398. The average Bonchev–Trinajstić information content (AvgIpc) is 2.75. The van der Waals surface area contributed by atoms with E-state index in [0.29, 0.717) is 0 Å². The molecule has 0 N–H and O–H groups in total. The van der Waals surface area contributed by atoms with Gasteiger partial charge in [-0.15, -0.1) is 0 Å². The first-order valence-corrected chi connectivity index (χ1v) is 9.03. The van der Waals surface area contributed by atoms with Gasteiger partial charge in [-0.05, 0) is 18.1 Å². The van der Waals surface area contributed by atoms with Crippen LogP contribution in [0.3, 0.4) is 0 Å². The lowest BCUT2D eigenvalue weighted by atomic mass is 9.88. The zero-order valence-electron chi connectivity index (χ0n) is 17.1. The number of alkyl halides is 17. The lowest BCUT2D eigenvalue weighted by Crippen LogP contribution is -2.74. The Morgan fingerprint density at radius 2 is 0.946 bits per heavy atom. The van der Waals surface area contributed by atoms with Gasteiger partial charge in [0.05, 0.1) is 0 Å². The van der Waals surface area contributed by atoms with Crippen LogP contribution in [0.25, 0.3) is 0 Å². The van der Waals surface area contributed by atoms with Gasteiger partial charge < -0.3 is 0 Å². The van der Waals surface area contributed by atoms with Crippen molar-refractivity contribution >= 4 is 5.78 Å². The minimum Gasteiger partial charge on any atom is -0.285 e. The van der Waals surface area contributed by atoms with E-state index < -0.39 is 66.3 Å². The maximum absolute atomic E-state index is 13.7. The molecule has 0 saturated carbocycles. The van der Waals surface area contributed by atoms with Crippen LogP contribution in [0.1, 0.15) is 18.4 Å². The minimum absolute atomic E-state index is 0.0398. The Balaban J connectivity index is 3.34. The summed E-state index contributed by atoms with van der Waals surface area (Å²) >= 11 is 0. The van der Waals surface area contributed by atoms with Crippen molar-refractivity contribution in [2.24, 2.45) is 0 Å². The topological polar surface area (TPSA) is 17.1 Å². The molecule has 0 heterocycles. The molecule has 37 heavy (non-hydrogen) atoms. The molecule has 18 heteroatoms. The number of hydrogen-bond donors (Lipinski definition) is 0. The quantitative estimate of drug-likeness (QED) is 0.221. The molecular formula is C19H9F17O. The molecule has 0 unspecified atom stereocenters. The average molecular weight is 576 g/mol. The van der Waals surface area contributed by atoms with Gasteiger partial charge in [-0.1, -0.05) is 24.1 Å². The molecule has 0 aliphatic carbocycles. The molecule has 0 atom stereocenters. The lowest BCUT2D eigenvalue weighted by Gasteiger charge is -2.42. The maximum atomic E-state index is 13.7. The second-order valence-corrected chi connectivity index (χ2v) is 7.19. The third-order valence-electron chi connectivity index (χ3n) is 4.57. The highest BCUT2D eigenvalue weighted by Crippen LogP contribution is 2.64. The molecule has 1 nitrogen and oxygen atoms in total. The van der Waals surface area contributed by atoms with E-state index in [1.54, 1.807) is 5.92 Å². The zero-order valence-corrected chi connectivity index (χ0v) is 17.1. The van der Waals surface area contributed by atoms with Crippen LogP contribution in [-0.2, 0) is 4.79 Å². The van der Waals surface area contributed by atoms with Crippen LogP contribution >= 0.6 is 0 Å². The molecule has 0 fully saturated rings. The monoisotopic (exact) mass is 576 g/mol. The molecule has 0 spiro atoms.